The van der Waals surface area contributed by atoms with Crippen LogP contribution in [0.25, 0.3) is 0 Å². The number of rotatable bonds is 4. The Morgan fingerprint density at radius 2 is 2.12 bits per heavy atom. The number of imidazole rings is 1. The molecule has 1 aromatic heterocycles. The summed E-state index contributed by atoms with van der Waals surface area (Å²) >= 11 is 0. The fraction of sp³-hybridized carbons (Fsp3) is 0.789. The fourth-order valence-electron chi connectivity index (χ4n) is 4.63. The summed E-state index contributed by atoms with van der Waals surface area (Å²) in [6.07, 6.45) is 10.7. The van der Waals surface area contributed by atoms with Gasteiger partial charge < -0.3 is 14.2 Å². The first-order valence-corrected chi connectivity index (χ1v) is 9.86. The highest BCUT2D eigenvalue weighted by Gasteiger charge is 2.36. The smallest absolute Gasteiger partial charge is 0.242 e. The molecule has 0 bridgehead atoms. The number of hydrogen-bond donors (Lipinski definition) is 0. The van der Waals surface area contributed by atoms with Crippen molar-refractivity contribution in [2.75, 3.05) is 26.8 Å². The second-order valence-electron chi connectivity index (χ2n) is 7.76. The van der Waals surface area contributed by atoms with Crippen LogP contribution in [0.2, 0.25) is 0 Å². The van der Waals surface area contributed by atoms with Crippen molar-refractivity contribution in [2.24, 2.45) is 0 Å². The molecule has 1 amide bonds. The molecular weight excluding hydrogens is 316 g/mol. The maximum absolute atomic E-state index is 13.1. The van der Waals surface area contributed by atoms with E-state index in [0.29, 0.717) is 19.2 Å². The third-order valence-electron chi connectivity index (χ3n) is 5.98. The Hall–Kier alpha value is -1.40. The van der Waals surface area contributed by atoms with Gasteiger partial charge in [0.1, 0.15) is 11.9 Å². The lowest BCUT2D eigenvalue weighted by atomic mass is 10.1. The predicted molar refractivity (Wildman–Crippen MR) is 95.2 cm³/mol. The Bertz CT molecular complexity index is 585. The molecule has 0 N–H and O–H groups in total. The minimum atomic E-state index is -0.126. The van der Waals surface area contributed by atoms with E-state index in [1.807, 2.05) is 11.9 Å². The number of hydrogen-bond acceptors (Lipinski definition) is 4. The molecule has 1 saturated heterocycles. The number of aromatic nitrogens is 2. The highest BCUT2D eigenvalue weighted by atomic mass is 16.5. The van der Waals surface area contributed by atoms with Gasteiger partial charge in [-0.15, -0.1) is 0 Å². The van der Waals surface area contributed by atoms with Crippen LogP contribution < -0.4 is 0 Å². The second kappa shape index (κ2) is 7.46. The van der Waals surface area contributed by atoms with Gasteiger partial charge in [0.2, 0.25) is 5.91 Å². The van der Waals surface area contributed by atoms with Gasteiger partial charge in [-0.1, -0.05) is 12.8 Å². The van der Waals surface area contributed by atoms with Crippen molar-refractivity contribution in [3.05, 3.63) is 17.7 Å². The molecule has 3 heterocycles. The summed E-state index contributed by atoms with van der Waals surface area (Å²) in [5.74, 6) is 1.35. The standard InChI is InChI=1S/C19H30N4O2/c1-21(12-15-13-22-9-5-4-8-18(22)20-15)19(24)17-14-25-11-10-23(17)16-6-2-3-7-16/h13,16-17H,2-12,14H2,1H3. The lowest BCUT2D eigenvalue weighted by Crippen LogP contribution is -2.56. The van der Waals surface area contributed by atoms with Crippen LogP contribution in [0, 0.1) is 0 Å². The summed E-state index contributed by atoms with van der Waals surface area (Å²) in [7, 11) is 1.90. The number of carbonyl (C=O) groups excluding carboxylic acids is 1. The first-order valence-electron chi connectivity index (χ1n) is 9.86. The first-order chi connectivity index (χ1) is 12.2. The van der Waals surface area contributed by atoms with Crippen LogP contribution in [0.15, 0.2) is 6.20 Å². The number of nitrogens with zero attached hydrogens (tertiary/aromatic N) is 4. The Labute approximate surface area is 150 Å². The van der Waals surface area contributed by atoms with Crippen molar-refractivity contribution < 1.29 is 9.53 Å². The molecule has 1 saturated carbocycles. The minimum Gasteiger partial charge on any atom is -0.378 e. The van der Waals surface area contributed by atoms with Crippen LogP contribution in [0.5, 0.6) is 0 Å². The SMILES string of the molecule is CN(Cc1cn2c(n1)CCCC2)C(=O)C1COCCN1C1CCCC1. The molecule has 0 aromatic carbocycles. The molecule has 2 fully saturated rings. The van der Waals surface area contributed by atoms with Crippen LogP contribution in [-0.2, 0) is 29.0 Å². The number of ether oxygens (including phenoxy) is 1. The first kappa shape index (κ1) is 17.0. The van der Waals surface area contributed by atoms with E-state index in [2.05, 4.69) is 15.7 Å². The maximum atomic E-state index is 13.1. The van der Waals surface area contributed by atoms with E-state index in [4.69, 9.17) is 9.72 Å². The van der Waals surface area contributed by atoms with Crippen molar-refractivity contribution in [3.63, 3.8) is 0 Å². The number of amides is 1. The number of aryl methyl sites for hydroxylation is 2. The summed E-state index contributed by atoms with van der Waals surface area (Å²) < 4.78 is 7.91. The van der Waals surface area contributed by atoms with Crippen molar-refractivity contribution in [3.8, 4) is 0 Å². The average Bonchev–Trinajstić information content (AvgIpc) is 3.30. The molecule has 1 aliphatic carbocycles. The van der Waals surface area contributed by atoms with Gasteiger partial charge in [0, 0.05) is 38.8 Å². The van der Waals surface area contributed by atoms with Crippen LogP contribution in [0.1, 0.15) is 50.0 Å². The van der Waals surface area contributed by atoms with Crippen LogP contribution in [0.4, 0.5) is 0 Å². The van der Waals surface area contributed by atoms with Crippen molar-refractivity contribution >= 4 is 5.91 Å². The van der Waals surface area contributed by atoms with Gasteiger partial charge in [-0.05, 0) is 25.7 Å². The molecular formula is C19H30N4O2. The van der Waals surface area contributed by atoms with E-state index in [1.165, 1.54) is 44.3 Å². The Kier molecular flexibility index (Phi) is 5.08. The van der Waals surface area contributed by atoms with Crippen LogP contribution in [0.3, 0.4) is 0 Å². The van der Waals surface area contributed by atoms with E-state index < -0.39 is 0 Å². The van der Waals surface area contributed by atoms with Crippen molar-refractivity contribution in [1.29, 1.82) is 0 Å². The normalized spacial score (nSPS) is 25.1. The molecule has 6 heteroatoms. The van der Waals surface area contributed by atoms with Gasteiger partial charge in [0.05, 0.1) is 25.5 Å². The average molecular weight is 346 g/mol. The quantitative estimate of drug-likeness (QED) is 0.834. The lowest BCUT2D eigenvalue weighted by molar-refractivity contribution is -0.144. The summed E-state index contributed by atoms with van der Waals surface area (Å²) in [4.78, 5) is 22.1. The Balaban J connectivity index is 1.42. The number of morpholine rings is 1. The van der Waals surface area contributed by atoms with Crippen LogP contribution >= 0.6 is 0 Å². The number of fused-ring (bicyclic) bond motifs is 1. The lowest BCUT2D eigenvalue weighted by Gasteiger charge is -2.40. The highest BCUT2D eigenvalue weighted by molar-refractivity contribution is 5.82. The van der Waals surface area contributed by atoms with Gasteiger partial charge >= 0.3 is 0 Å². The summed E-state index contributed by atoms with van der Waals surface area (Å²) in [5.41, 5.74) is 1.01. The highest BCUT2D eigenvalue weighted by Crippen LogP contribution is 2.27. The number of likely N-dealkylation sites (N-methyl/N-ethyl adjacent to an activating group) is 1. The number of carbonyl (C=O) groups is 1. The van der Waals surface area contributed by atoms with Crippen molar-refractivity contribution in [2.45, 2.75) is 70.1 Å². The molecule has 0 spiro atoms. The van der Waals surface area contributed by atoms with Crippen molar-refractivity contribution in [1.82, 2.24) is 19.4 Å². The zero-order chi connectivity index (χ0) is 17.2. The maximum Gasteiger partial charge on any atom is 0.242 e. The van der Waals surface area contributed by atoms with Crippen LogP contribution in [-0.4, -0.2) is 64.1 Å². The van der Waals surface area contributed by atoms with Gasteiger partial charge in [-0.25, -0.2) is 4.98 Å². The molecule has 3 aliphatic rings. The minimum absolute atomic E-state index is 0.126. The van der Waals surface area contributed by atoms with E-state index >= 15 is 0 Å². The van der Waals surface area contributed by atoms with E-state index in [0.717, 1.165) is 31.8 Å². The van der Waals surface area contributed by atoms with Gasteiger partial charge in [0.25, 0.3) is 0 Å². The molecule has 4 rings (SSSR count). The molecule has 0 radical (unpaired) electrons. The molecule has 25 heavy (non-hydrogen) atoms. The topological polar surface area (TPSA) is 50.6 Å². The summed E-state index contributed by atoms with van der Waals surface area (Å²) in [5, 5.41) is 0. The molecule has 1 atom stereocenters. The third-order valence-corrected chi connectivity index (χ3v) is 5.98. The second-order valence-corrected chi connectivity index (χ2v) is 7.76. The molecule has 1 aromatic rings. The van der Waals surface area contributed by atoms with E-state index in [9.17, 15) is 4.79 Å². The Morgan fingerprint density at radius 3 is 2.92 bits per heavy atom. The zero-order valence-electron chi connectivity index (χ0n) is 15.3. The fourth-order valence-corrected chi connectivity index (χ4v) is 4.63. The van der Waals surface area contributed by atoms with Gasteiger partial charge in [-0.2, -0.15) is 0 Å². The van der Waals surface area contributed by atoms with E-state index in [1.54, 1.807) is 0 Å². The molecule has 2 aliphatic heterocycles. The predicted octanol–water partition coefficient (Wildman–Crippen LogP) is 1.82. The summed E-state index contributed by atoms with van der Waals surface area (Å²) in [6, 6.07) is 0.435. The third kappa shape index (κ3) is 3.60. The Morgan fingerprint density at radius 1 is 1.28 bits per heavy atom. The van der Waals surface area contributed by atoms with E-state index in [-0.39, 0.29) is 11.9 Å². The molecule has 138 valence electrons. The molecule has 6 nitrogen and oxygen atoms in total. The van der Waals surface area contributed by atoms with Gasteiger partial charge in [-0.3, -0.25) is 9.69 Å². The summed E-state index contributed by atoms with van der Waals surface area (Å²) in [6.45, 7) is 3.81. The van der Waals surface area contributed by atoms with Gasteiger partial charge in [0.15, 0.2) is 0 Å². The monoisotopic (exact) mass is 346 g/mol. The zero-order valence-corrected chi connectivity index (χ0v) is 15.3. The molecule has 1 unspecified atom stereocenters. The largest absolute Gasteiger partial charge is 0.378 e.